The van der Waals surface area contributed by atoms with Crippen LogP contribution >= 0.6 is 11.3 Å². The quantitative estimate of drug-likeness (QED) is 0.132. The van der Waals surface area contributed by atoms with Gasteiger partial charge >= 0.3 is 0 Å². The molecule has 1 aliphatic carbocycles. The molecule has 0 bridgehead atoms. The van der Waals surface area contributed by atoms with Crippen molar-refractivity contribution in [3.63, 3.8) is 0 Å². The van der Waals surface area contributed by atoms with Gasteiger partial charge < -0.3 is 33.4 Å². The summed E-state index contributed by atoms with van der Waals surface area (Å²) in [5.41, 5.74) is 4.94. The molecule has 4 atom stereocenters. The van der Waals surface area contributed by atoms with Gasteiger partial charge in [0.15, 0.2) is 14.1 Å². The normalized spacial score (nSPS) is 23.6. The molecular formula is C42H61N5O7SSi. The van der Waals surface area contributed by atoms with Crippen molar-refractivity contribution in [3.05, 3.63) is 52.9 Å². The fourth-order valence-electron chi connectivity index (χ4n) is 7.86. The minimum Gasteiger partial charge on any atom is -0.472 e. The number of hydrogen-bond acceptors (Lipinski definition) is 11. The van der Waals surface area contributed by atoms with Crippen LogP contribution in [0.1, 0.15) is 95.7 Å². The summed E-state index contributed by atoms with van der Waals surface area (Å²) in [6.45, 7) is 20.8. The number of morpholine rings is 1. The molecule has 2 saturated heterocycles. The summed E-state index contributed by atoms with van der Waals surface area (Å²) in [6.07, 6.45) is 4.18. The minimum absolute atomic E-state index is 0.0431. The number of likely N-dealkylation sites (tertiary alicyclic amines) is 1. The zero-order valence-corrected chi connectivity index (χ0v) is 36.2. The molecule has 3 aromatic rings. The van der Waals surface area contributed by atoms with Crippen molar-refractivity contribution < 1.29 is 32.8 Å². The third kappa shape index (κ3) is 9.98. The van der Waals surface area contributed by atoms with E-state index in [1.165, 1.54) is 0 Å². The number of nitrogens with one attached hydrogen (secondary N) is 1. The fourth-order valence-corrected chi connectivity index (χ4v) is 10.0. The zero-order valence-electron chi connectivity index (χ0n) is 34.4. The first-order valence-electron chi connectivity index (χ1n) is 20.3. The molecule has 14 heteroatoms. The molecule has 1 N–H and O–H groups in total. The number of carbonyl (C=O) groups is 3. The van der Waals surface area contributed by atoms with E-state index in [-0.39, 0.29) is 46.9 Å². The summed E-state index contributed by atoms with van der Waals surface area (Å²) in [5, 5.41) is 7.57. The van der Waals surface area contributed by atoms with E-state index in [9.17, 15) is 14.4 Å². The predicted molar refractivity (Wildman–Crippen MR) is 219 cm³/mol. The summed E-state index contributed by atoms with van der Waals surface area (Å²) in [4.78, 5) is 50.4. The number of aromatic nitrogens is 2. The maximum atomic E-state index is 14.8. The molecule has 1 aromatic carbocycles. The van der Waals surface area contributed by atoms with Crippen LogP contribution in [-0.4, -0.2) is 104 Å². The molecular weight excluding hydrogens is 747 g/mol. The second kappa shape index (κ2) is 18.0. The average molecular weight is 808 g/mol. The fraction of sp³-hybridized carbons (Fsp3) is 0.643. The van der Waals surface area contributed by atoms with Crippen molar-refractivity contribution in [1.82, 2.24) is 25.3 Å². The van der Waals surface area contributed by atoms with E-state index >= 15 is 0 Å². The first kappa shape index (κ1) is 42.2. The van der Waals surface area contributed by atoms with Crippen LogP contribution < -0.4 is 10.1 Å². The Morgan fingerprint density at radius 2 is 1.77 bits per heavy atom. The number of rotatable bonds is 14. The van der Waals surface area contributed by atoms with E-state index in [0.29, 0.717) is 44.4 Å². The highest BCUT2D eigenvalue weighted by Gasteiger charge is 2.48. The Balaban J connectivity index is 1.25. The lowest BCUT2D eigenvalue weighted by atomic mass is 9.88. The Hall–Kier alpha value is -3.43. The average Bonchev–Trinajstić information content (AvgIpc) is 3.92. The van der Waals surface area contributed by atoms with Crippen LogP contribution in [0.3, 0.4) is 0 Å². The van der Waals surface area contributed by atoms with Crippen molar-refractivity contribution >= 4 is 37.8 Å². The third-order valence-electron chi connectivity index (χ3n) is 12.2. The van der Waals surface area contributed by atoms with Crippen LogP contribution in [-0.2, 0) is 23.5 Å². The number of ether oxygens (including phenoxy) is 2. The summed E-state index contributed by atoms with van der Waals surface area (Å²) in [6, 6.07) is 9.05. The number of nitrogens with zero attached hydrogens (tertiary/aromatic N) is 4. The van der Waals surface area contributed by atoms with Gasteiger partial charge in [0.2, 0.25) is 11.8 Å². The van der Waals surface area contributed by atoms with Gasteiger partial charge in [0.05, 0.1) is 41.4 Å². The summed E-state index contributed by atoms with van der Waals surface area (Å²) < 4.78 is 24.5. The SMILES string of the molecule is Cc1ncsc1-c1ccc([C@H](CN2CCOCC2)NC(=O)[C@@H]2C[C@@H](O[Si](C)(C)C(C)(C)C)CN2C(=O)[C@@H](c2cc(OC3CCC(C=O)CC3)no2)C(C)C)cc1. The molecule has 2 amide bonds. The molecule has 2 aromatic heterocycles. The molecule has 4 heterocycles. The van der Waals surface area contributed by atoms with E-state index in [2.05, 4.69) is 78.5 Å². The summed E-state index contributed by atoms with van der Waals surface area (Å²) >= 11 is 1.62. The molecule has 0 spiro atoms. The van der Waals surface area contributed by atoms with Gasteiger partial charge in [0.1, 0.15) is 24.3 Å². The molecule has 3 aliphatic rings. The van der Waals surface area contributed by atoms with Gasteiger partial charge in [-0.1, -0.05) is 58.9 Å². The van der Waals surface area contributed by atoms with Crippen molar-refractivity contribution in [2.24, 2.45) is 11.8 Å². The lowest BCUT2D eigenvalue weighted by molar-refractivity contribution is -0.141. The van der Waals surface area contributed by atoms with Gasteiger partial charge in [0.25, 0.3) is 5.88 Å². The molecule has 1 saturated carbocycles. The van der Waals surface area contributed by atoms with Crippen LogP contribution in [0.25, 0.3) is 10.4 Å². The van der Waals surface area contributed by atoms with Gasteiger partial charge in [-0.25, -0.2) is 4.98 Å². The second-order valence-electron chi connectivity index (χ2n) is 17.7. The Morgan fingerprint density at radius 1 is 1.07 bits per heavy atom. The Bertz CT molecular complexity index is 1780. The van der Waals surface area contributed by atoms with Crippen molar-refractivity contribution in [2.75, 3.05) is 39.4 Å². The van der Waals surface area contributed by atoms with Crippen LogP contribution in [0, 0.1) is 18.8 Å². The number of benzene rings is 1. The monoisotopic (exact) mass is 807 g/mol. The number of hydrogen-bond donors (Lipinski definition) is 1. The van der Waals surface area contributed by atoms with Crippen molar-refractivity contribution in [1.29, 1.82) is 0 Å². The van der Waals surface area contributed by atoms with Gasteiger partial charge in [-0.2, -0.15) is 0 Å². The highest BCUT2D eigenvalue weighted by atomic mass is 32.1. The Morgan fingerprint density at radius 3 is 2.38 bits per heavy atom. The van der Waals surface area contributed by atoms with E-state index in [1.807, 2.05) is 26.3 Å². The summed E-state index contributed by atoms with van der Waals surface area (Å²) in [5.74, 6) is -0.389. The number of amides is 2. The minimum atomic E-state index is -2.24. The number of thiazole rings is 1. The molecule has 0 radical (unpaired) electrons. The number of aldehydes is 1. The first-order valence-corrected chi connectivity index (χ1v) is 24.1. The van der Waals surface area contributed by atoms with Gasteiger partial charge in [0, 0.05) is 44.6 Å². The van der Waals surface area contributed by atoms with E-state index in [0.717, 1.165) is 66.8 Å². The van der Waals surface area contributed by atoms with Gasteiger partial charge in [-0.05, 0) is 72.9 Å². The smallest absolute Gasteiger partial charge is 0.254 e. The first-order chi connectivity index (χ1) is 26.6. The third-order valence-corrected chi connectivity index (χ3v) is 17.8. The zero-order chi connectivity index (χ0) is 40.2. The molecule has 306 valence electrons. The van der Waals surface area contributed by atoms with Crippen LogP contribution in [0.2, 0.25) is 18.1 Å². The number of aryl methyl sites for hydroxylation is 1. The molecule has 6 rings (SSSR count). The van der Waals surface area contributed by atoms with E-state index < -0.39 is 20.3 Å². The van der Waals surface area contributed by atoms with Gasteiger partial charge in [-0.3, -0.25) is 14.5 Å². The molecule has 12 nitrogen and oxygen atoms in total. The maximum Gasteiger partial charge on any atom is 0.254 e. The van der Waals surface area contributed by atoms with Gasteiger partial charge in [-0.15, -0.1) is 11.3 Å². The highest BCUT2D eigenvalue weighted by Crippen LogP contribution is 2.40. The van der Waals surface area contributed by atoms with Crippen molar-refractivity contribution in [2.45, 2.75) is 122 Å². The molecule has 56 heavy (non-hydrogen) atoms. The van der Waals surface area contributed by atoms with Crippen LogP contribution in [0.4, 0.5) is 0 Å². The standard InChI is InChI=1S/C42H61N5O7SSi/c1-27(2)38(36-22-37(45-53-36)52-32-15-9-29(25-48)10-16-32)41(50)47-23-33(54-56(7,8)42(4,5)6)21-35(47)40(49)44-34(24-46-17-19-51-20-18-46)30-11-13-31(14-12-30)39-28(3)43-26-55-39/h11-14,22,25-27,29,32-35,38H,9-10,15-21,23-24H2,1-8H3,(H,44,49)/t29?,32?,33-,34+,35+,38-/m1/s1. The lowest BCUT2D eigenvalue weighted by Gasteiger charge is -2.38. The Kier molecular flexibility index (Phi) is 13.6. The topological polar surface area (TPSA) is 136 Å². The highest BCUT2D eigenvalue weighted by molar-refractivity contribution is 7.13. The number of carbonyl (C=O) groups excluding carboxylic acids is 3. The lowest BCUT2D eigenvalue weighted by Crippen LogP contribution is -2.50. The second-order valence-corrected chi connectivity index (χ2v) is 23.3. The van der Waals surface area contributed by atoms with E-state index in [4.69, 9.17) is 18.4 Å². The molecule has 2 aliphatic heterocycles. The predicted octanol–water partition coefficient (Wildman–Crippen LogP) is 7.16. The summed E-state index contributed by atoms with van der Waals surface area (Å²) in [7, 11) is -2.24. The van der Waals surface area contributed by atoms with Crippen LogP contribution in [0.15, 0.2) is 40.4 Å². The van der Waals surface area contributed by atoms with Crippen LogP contribution in [0.5, 0.6) is 5.88 Å². The maximum absolute atomic E-state index is 14.8. The molecule has 0 unspecified atom stereocenters. The largest absolute Gasteiger partial charge is 0.472 e. The van der Waals surface area contributed by atoms with E-state index in [1.54, 1.807) is 22.3 Å². The van der Waals surface area contributed by atoms with Crippen molar-refractivity contribution in [3.8, 4) is 16.3 Å². The molecule has 3 fully saturated rings. The Labute approximate surface area is 337 Å².